The van der Waals surface area contributed by atoms with E-state index in [4.69, 9.17) is 0 Å². The van der Waals surface area contributed by atoms with E-state index in [1.165, 1.54) is 11.8 Å². The van der Waals surface area contributed by atoms with E-state index in [9.17, 15) is 4.79 Å². The summed E-state index contributed by atoms with van der Waals surface area (Å²) in [5, 5.41) is 5.45. The third-order valence-corrected chi connectivity index (χ3v) is 4.78. The average molecular weight is 314 g/mol. The fourth-order valence-electron chi connectivity index (χ4n) is 1.93. The minimum absolute atomic E-state index is 0.0857. The van der Waals surface area contributed by atoms with Crippen LogP contribution in [0.1, 0.15) is 16.0 Å². The summed E-state index contributed by atoms with van der Waals surface area (Å²) < 4.78 is 0. The van der Waals surface area contributed by atoms with Crippen LogP contribution >= 0.6 is 23.1 Å². The number of thioether (sulfide) groups is 1. The first-order valence-corrected chi connectivity index (χ1v) is 8.22. The molecular formula is C16H14N2OS2. The molecule has 106 valence electrons. The quantitative estimate of drug-likeness (QED) is 0.842. The third kappa shape index (κ3) is 3.25. The lowest BCUT2D eigenvalue weighted by molar-refractivity contribution is -0.115. The Hall–Kier alpha value is -1.85. The highest BCUT2D eigenvalue weighted by molar-refractivity contribution is 8.18. The SMILES string of the molecule is Cc1ccc(C)c(N=C2NC(=O)C(=Cc3cccs3)S2)c1. The highest BCUT2D eigenvalue weighted by Gasteiger charge is 2.24. The molecule has 0 spiro atoms. The van der Waals surface area contributed by atoms with Gasteiger partial charge in [0.25, 0.3) is 5.91 Å². The molecule has 1 fully saturated rings. The molecule has 1 amide bonds. The molecule has 0 aliphatic carbocycles. The molecule has 21 heavy (non-hydrogen) atoms. The first-order chi connectivity index (χ1) is 10.1. The molecule has 5 heteroatoms. The van der Waals surface area contributed by atoms with Gasteiger partial charge in [-0.3, -0.25) is 4.79 Å². The van der Waals surface area contributed by atoms with Gasteiger partial charge in [0.05, 0.1) is 10.6 Å². The zero-order chi connectivity index (χ0) is 14.8. The maximum Gasteiger partial charge on any atom is 0.264 e. The maximum atomic E-state index is 12.0. The number of nitrogens with one attached hydrogen (secondary N) is 1. The van der Waals surface area contributed by atoms with Gasteiger partial charge in [-0.2, -0.15) is 0 Å². The average Bonchev–Trinajstić information content (AvgIpc) is 3.06. The Balaban J connectivity index is 1.87. The summed E-state index contributed by atoms with van der Waals surface area (Å²) in [7, 11) is 0. The summed E-state index contributed by atoms with van der Waals surface area (Å²) in [5.41, 5.74) is 3.15. The van der Waals surface area contributed by atoms with E-state index in [0.29, 0.717) is 10.1 Å². The second kappa shape index (κ2) is 5.87. The lowest BCUT2D eigenvalue weighted by Gasteiger charge is -2.02. The zero-order valence-corrected chi connectivity index (χ0v) is 13.3. The molecular weight excluding hydrogens is 300 g/mol. The maximum absolute atomic E-state index is 12.0. The minimum atomic E-state index is -0.0857. The zero-order valence-electron chi connectivity index (χ0n) is 11.7. The molecule has 0 saturated carbocycles. The molecule has 3 rings (SSSR count). The number of benzene rings is 1. The molecule has 1 aliphatic heterocycles. The van der Waals surface area contributed by atoms with E-state index in [2.05, 4.69) is 16.4 Å². The van der Waals surface area contributed by atoms with E-state index < -0.39 is 0 Å². The van der Waals surface area contributed by atoms with Crippen molar-refractivity contribution in [3.8, 4) is 0 Å². The molecule has 3 nitrogen and oxygen atoms in total. The van der Waals surface area contributed by atoms with Crippen LogP contribution in [0.4, 0.5) is 5.69 Å². The van der Waals surface area contributed by atoms with Crippen molar-refractivity contribution in [2.75, 3.05) is 0 Å². The van der Waals surface area contributed by atoms with E-state index in [1.807, 2.05) is 49.6 Å². The summed E-state index contributed by atoms with van der Waals surface area (Å²) in [5.74, 6) is -0.0857. The van der Waals surface area contributed by atoms with E-state index >= 15 is 0 Å². The fourth-order valence-corrected chi connectivity index (χ4v) is 3.49. The summed E-state index contributed by atoms with van der Waals surface area (Å²) in [6.45, 7) is 4.05. The number of thiophene rings is 1. The summed E-state index contributed by atoms with van der Waals surface area (Å²) in [6.07, 6.45) is 1.90. The number of hydrogen-bond donors (Lipinski definition) is 1. The Morgan fingerprint density at radius 3 is 2.86 bits per heavy atom. The van der Waals surface area contributed by atoms with Crippen LogP contribution in [-0.4, -0.2) is 11.1 Å². The van der Waals surface area contributed by atoms with Crippen molar-refractivity contribution >= 4 is 45.9 Å². The lowest BCUT2D eigenvalue weighted by atomic mass is 10.1. The monoisotopic (exact) mass is 314 g/mol. The number of carbonyl (C=O) groups is 1. The van der Waals surface area contributed by atoms with Crippen LogP contribution in [0.15, 0.2) is 45.6 Å². The predicted octanol–water partition coefficient (Wildman–Crippen LogP) is 4.26. The Labute approximate surface area is 131 Å². The van der Waals surface area contributed by atoms with Gasteiger partial charge >= 0.3 is 0 Å². The van der Waals surface area contributed by atoms with Gasteiger partial charge in [-0.1, -0.05) is 18.2 Å². The van der Waals surface area contributed by atoms with Crippen LogP contribution < -0.4 is 5.32 Å². The van der Waals surface area contributed by atoms with Crippen molar-refractivity contribution in [3.63, 3.8) is 0 Å². The molecule has 1 saturated heterocycles. The number of aryl methyl sites for hydroxylation is 2. The summed E-state index contributed by atoms with van der Waals surface area (Å²) >= 11 is 3.00. The molecule has 1 aromatic heterocycles. The molecule has 0 radical (unpaired) electrons. The summed E-state index contributed by atoms with van der Waals surface area (Å²) in [6, 6.07) is 10.1. The first-order valence-electron chi connectivity index (χ1n) is 6.52. The third-order valence-electron chi connectivity index (χ3n) is 3.05. The number of nitrogens with zero attached hydrogens (tertiary/aromatic N) is 1. The lowest BCUT2D eigenvalue weighted by Crippen LogP contribution is -2.19. The Morgan fingerprint density at radius 2 is 2.10 bits per heavy atom. The molecule has 0 unspecified atom stereocenters. The number of amidine groups is 1. The Kier molecular flexibility index (Phi) is 3.94. The number of amides is 1. The molecule has 2 aromatic rings. The van der Waals surface area contributed by atoms with Crippen LogP contribution in [0, 0.1) is 13.8 Å². The number of rotatable bonds is 2. The minimum Gasteiger partial charge on any atom is -0.300 e. The van der Waals surface area contributed by atoms with Gasteiger partial charge in [-0.25, -0.2) is 4.99 Å². The van der Waals surface area contributed by atoms with Crippen molar-refractivity contribution in [1.29, 1.82) is 0 Å². The van der Waals surface area contributed by atoms with Crippen LogP contribution in [0.5, 0.6) is 0 Å². The van der Waals surface area contributed by atoms with Crippen molar-refractivity contribution < 1.29 is 4.79 Å². The fraction of sp³-hybridized carbons (Fsp3) is 0.125. The topological polar surface area (TPSA) is 41.5 Å². The van der Waals surface area contributed by atoms with Crippen LogP contribution in [0.2, 0.25) is 0 Å². The first kappa shape index (κ1) is 14.1. The molecule has 1 aliphatic rings. The van der Waals surface area contributed by atoms with E-state index in [0.717, 1.165) is 21.7 Å². The Bertz CT molecular complexity index is 746. The van der Waals surface area contributed by atoms with Crippen molar-refractivity contribution in [2.45, 2.75) is 13.8 Å². The van der Waals surface area contributed by atoms with Gasteiger partial charge in [-0.15, -0.1) is 11.3 Å². The van der Waals surface area contributed by atoms with E-state index in [1.54, 1.807) is 11.3 Å². The van der Waals surface area contributed by atoms with Crippen molar-refractivity contribution in [2.24, 2.45) is 4.99 Å². The predicted molar refractivity (Wildman–Crippen MR) is 91.0 cm³/mol. The van der Waals surface area contributed by atoms with Gasteiger partial charge in [0.2, 0.25) is 0 Å². The van der Waals surface area contributed by atoms with Crippen molar-refractivity contribution in [3.05, 3.63) is 56.6 Å². The second-order valence-electron chi connectivity index (χ2n) is 4.79. The van der Waals surface area contributed by atoms with Gasteiger partial charge < -0.3 is 5.32 Å². The molecule has 0 bridgehead atoms. The number of carbonyl (C=O) groups excluding carboxylic acids is 1. The normalized spacial score (nSPS) is 18.5. The Morgan fingerprint density at radius 1 is 1.24 bits per heavy atom. The van der Waals surface area contributed by atoms with Crippen molar-refractivity contribution in [1.82, 2.24) is 5.32 Å². The number of hydrogen-bond acceptors (Lipinski definition) is 4. The molecule has 1 aromatic carbocycles. The largest absolute Gasteiger partial charge is 0.300 e. The van der Waals surface area contributed by atoms with Gasteiger partial charge in [0.1, 0.15) is 0 Å². The van der Waals surface area contributed by atoms with Gasteiger partial charge in [0.15, 0.2) is 5.17 Å². The van der Waals surface area contributed by atoms with Gasteiger partial charge in [0, 0.05) is 4.88 Å². The second-order valence-corrected chi connectivity index (χ2v) is 6.80. The molecule has 0 atom stereocenters. The van der Waals surface area contributed by atoms with Crippen LogP contribution in [-0.2, 0) is 4.79 Å². The highest BCUT2D eigenvalue weighted by Crippen LogP contribution is 2.30. The van der Waals surface area contributed by atoms with Crippen LogP contribution in [0.25, 0.3) is 6.08 Å². The summed E-state index contributed by atoms with van der Waals surface area (Å²) in [4.78, 5) is 18.3. The highest BCUT2D eigenvalue weighted by atomic mass is 32.2. The standard InChI is InChI=1S/C16H14N2OS2/c1-10-5-6-11(2)13(8-10)17-16-18-15(19)14(21-16)9-12-4-3-7-20-12/h3-9H,1-2H3,(H,17,18,19). The number of aliphatic imine (C=N–C) groups is 1. The van der Waals surface area contributed by atoms with Crippen LogP contribution in [0.3, 0.4) is 0 Å². The smallest absolute Gasteiger partial charge is 0.264 e. The molecule has 2 heterocycles. The van der Waals surface area contributed by atoms with Gasteiger partial charge in [-0.05, 0) is 60.3 Å². The molecule has 1 N–H and O–H groups in total. The van der Waals surface area contributed by atoms with E-state index in [-0.39, 0.29) is 5.91 Å².